The Morgan fingerprint density at radius 2 is 1.81 bits per heavy atom. The number of amides is 1. The van der Waals surface area contributed by atoms with Crippen molar-refractivity contribution in [3.63, 3.8) is 0 Å². The molecule has 2 aromatic carbocycles. The van der Waals surface area contributed by atoms with Crippen molar-refractivity contribution in [1.29, 1.82) is 0 Å². The molecule has 1 amide bonds. The molecule has 0 spiro atoms. The van der Waals surface area contributed by atoms with Gasteiger partial charge in [0.25, 0.3) is 11.7 Å². The lowest BCUT2D eigenvalue weighted by Crippen LogP contribution is -2.30. The molecule has 0 bridgehead atoms. The van der Waals surface area contributed by atoms with Crippen molar-refractivity contribution in [3.05, 3.63) is 53.6 Å². The van der Waals surface area contributed by atoms with Crippen LogP contribution in [0.2, 0.25) is 0 Å². The summed E-state index contributed by atoms with van der Waals surface area (Å²) in [6.45, 7) is 3.19. The Labute approximate surface area is 153 Å². The van der Waals surface area contributed by atoms with E-state index in [2.05, 4.69) is 5.32 Å². The molecule has 0 heterocycles. The first-order valence-corrected chi connectivity index (χ1v) is 8.57. The second-order valence-corrected chi connectivity index (χ2v) is 6.54. The van der Waals surface area contributed by atoms with E-state index in [1.807, 2.05) is 0 Å². The normalized spacial score (nSPS) is 11.9. The van der Waals surface area contributed by atoms with Crippen LogP contribution in [0.15, 0.2) is 47.4 Å². The SMILES string of the molecule is Cc1cccc(C(=O)O[C@H](C)C(=O)Nc2ccc(SC(F)F)cc2)c1N. The molecule has 0 fully saturated rings. The molecule has 2 aromatic rings. The van der Waals surface area contributed by atoms with Crippen LogP contribution in [-0.4, -0.2) is 23.7 Å². The number of nitrogens with two attached hydrogens (primary N) is 1. The third kappa shape index (κ3) is 5.19. The number of hydrogen-bond acceptors (Lipinski definition) is 5. The molecule has 0 aliphatic rings. The standard InChI is InChI=1S/C18H18F2N2O3S/c1-10-4-3-5-14(15(10)21)17(24)25-11(2)16(23)22-12-6-8-13(9-7-12)26-18(19)20/h3-9,11,18H,21H2,1-2H3,(H,22,23)/t11-/m1/s1. The zero-order valence-corrected chi connectivity index (χ0v) is 15.0. The van der Waals surface area contributed by atoms with Gasteiger partial charge < -0.3 is 15.8 Å². The zero-order valence-electron chi connectivity index (χ0n) is 14.2. The van der Waals surface area contributed by atoms with E-state index in [1.165, 1.54) is 37.3 Å². The summed E-state index contributed by atoms with van der Waals surface area (Å²) in [4.78, 5) is 24.7. The third-order valence-corrected chi connectivity index (χ3v) is 4.27. The van der Waals surface area contributed by atoms with Crippen molar-refractivity contribution < 1.29 is 23.1 Å². The number of esters is 1. The van der Waals surface area contributed by atoms with Crippen molar-refractivity contribution in [1.82, 2.24) is 0 Å². The fourth-order valence-electron chi connectivity index (χ4n) is 2.10. The van der Waals surface area contributed by atoms with Crippen LogP contribution in [0.1, 0.15) is 22.8 Å². The van der Waals surface area contributed by atoms with Gasteiger partial charge in [0.1, 0.15) is 0 Å². The van der Waals surface area contributed by atoms with E-state index in [0.717, 1.165) is 5.56 Å². The van der Waals surface area contributed by atoms with Crippen LogP contribution in [-0.2, 0) is 9.53 Å². The van der Waals surface area contributed by atoms with E-state index in [1.54, 1.807) is 19.1 Å². The van der Waals surface area contributed by atoms with Gasteiger partial charge >= 0.3 is 5.97 Å². The predicted molar refractivity (Wildman–Crippen MR) is 97.4 cm³/mol. The van der Waals surface area contributed by atoms with Gasteiger partial charge in [-0.1, -0.05) is 23.9 Å². The average Bonchev–Trinajstić information content (AvgIpc) is 2.58. The molecule has 0 aromatic heterocycles. The number of nitrogens with one attached hydrogen (secondary N) is 1. The molecule has 0 radical (unpaired) electrons. The molecular formula is C18H18F2N2O3S. The molecule has 3 N–H and O–H groups in total. The minimum atomic E-state index is -2.51. The fourth-order valence-corrected chi connectivity index (χ4v) is 2.60. The maximum Gasteiger partial charge on any atom is 0.341 e. The first kappa shape index (κ1) is 19.7. The van der Waals surface area contributed by atoms with E-state index in [4.69, 9.17) is 10.5 Å². The van der Waals surface area contributed by atoms with Crippen LogP contribution in [0.4, 0.5) is 20.2 Å². The number of rotatable bonds is 6. The van der Waals surface area contributed by atoms with Gasteiger partial charge in [0, 0.05) is 16.3 Å². The Morgan fingerprint density at radius 1 is 1.15 bits per heavy atom. The predicted octanol–water partition coefficient (Wildman–Crippen LogP) is 4.08. The highest BCUT2D eigenvalue weighted by atomic mass is 32.2. The van der Waals surface area contributed by atoms with Crippen molar-refractivity contribution in [2.75, 3.05) is 11.1 Å². The summed E-state index contributed by atoms with van der Waals surface area (Å²) < 4.78 is 29.7. The summed E-state index contributed by atoms with van der Waals surface area (Å²) in [5, 5.41) is 2.56. The average molecular weight is 380 g/mol. The van der Waals surface area contributed by atoms with Crippen molar-refractivity contribution in [3.8, 4) is 0 Å². The maximum atomic E-state index is 12.3. The van der Waals surface area contributed by atoms with Gasteiger partial charge in [0.2, 0.25) is 0 Å². The number of hydrogen-bond donors (Lipinski definition) is 2. The highest BCUT2D eigenvalue weighted by Gasteiger charge is 2.21. The molecule has 138 valence electrons. The molecule has 26 heavy (non-hydrogen) atoms. The van der Waals surface area contributed by atoms with E-state index >= 15 is 0 Å². The van der Waals surface area contributed by atoms with Gasteiger partial charge in [-0.2, -0.15) is 8.78 Å². The van der Waals surface area contributed by atoms with Gasteiger partial charge in [-0.15, -0.1) is 0 Å². The van der Waals surface area contributed by atoms with Gasteiger partial charge in [0.15, 0.2) is 6.10 Å². The summed E-state index contributed by atoms with van der Waals surface area (Å²) in [6.07, 6.45) is -1.06. The molecular weight excluding hydrogens is 362 g/mol. The van der Waals surface area contributed by atoms with Gasteiger partial charge in [0.05, 0.1) is 5.56 Å². The largest absolute Gasteiger partial charge is 0.449 e. The Bertz CT molecular complexity index is 798. The second kappa shape index (κ2) is 8.66. The molecule has 8 heteroatoms. The maximum absolute atomic E-state index is 12.3. The van der Waals surface area contributed by atoms with Gasteiger partial charge in [-0.05, 0) is 49.7 Å². The Balaban J connectivity index is 1.97. The molecule has 0 unspecified atom stereocenters. The number of carbonyl (C=O) groups excluding carboxylic acids is 2. The fraction of sp³-hybridized carbons (Fsp3) is 0.222. The summed E-state index contributed by atoms with van der Waals surface area (Å²) in [7, 11) is 0. The van der Waals surface area contributed by atoms with Crippen LogP contribution in [0, 0.1) is 6.92 Å². The number of carbonyl (C=O) groups is 2. The van der Waals surface area contributed by atoms with E-state index < -0.39 is 23.7 Å². The number of nitrogen functional groups attached to an aromatic ring is 1. The first-order chi connectivity index (χ1) is 12.3. The van der Waals surface area contributed by atoms with Crippen LogP contribution >= 0.6 is 11.8 Å². The molecule has 5 nitrogen and oxygen atoms in total. The van der Waals surface area contributed by atoms with Crippen molar-refractivity contribution in [2.45, 2.75) is 30.6 Å². The number of para-hydroxylation sites is 1. The van der Waals surface area contributed by atoms with E-state index in [-0.39, 0.29) is 5.56 Å². The molecule has 2 rings (SSSR count). The number of halogens is 2. The van der Waals surface area contributed by atoms with Crippen molar-refractivity contribution in [2.24, 2.45) is 0 Å². The minimum absolute atomic E-state index is 0.193. The summed E-state index contributed by atoms with van der Waals surface area (Å²) in [5.41, 5.74) is 7.49. The highest BCUT2D eigenvalue weighted by Crippen LogP contribution is 2.26. The lowest BCUT2D eigenvalue weighted by atomic mass is 10.1. The molecule has 0 aliphatic heterocycles. The number of benzene rings is 2. The van der Waals surface area contributed by atoms with E-state index in [0.29, 0.717) is 28.0 Å². The Morgan fingerprint density at radius 3 is 2.42 bits per heavy atom. The van der Waals surface area contributed by atoms with Gasteiger partial charge in [-0.3, -0.25) is 4.79 Å². The molecule has 0 saturated carbocycles. The molecule has 0 aliphatic carbocycles. The van der Waals surface area contributed by atoms with Crippen LogP contribution in [0.3, 0.4) is 0 Å². The number of anilines is 2. The third-order valence-electron chi connectivity index (χ3n) is 3.54. The number of aryl methyl sites for hydroxylation is 1. The van der Waals surface area contributed by atoms with Crippen LogP contribution in [0.25, 0.3) is 0 Å². The van der Waals surface area contributed by atoms with Crippen LogP contribution < -0.4 is 11.1 Å². The van der Waals surface area contributed by atoms with Crippen molar-refractivity contribution >= 4 is 35.0 Å². The lowest BCUT2D eigenvalue weighted by molar-refractivity contribution is -0.123. The second-order valence-electron chi connectivity index (χ2n) is 5.48. The molecule has 0 saturated heterocycles. The number of thioether (sulfide) groups is 1. The smallest absolute Gasteiger partial charge is 0.341 e. The Hall–Kier alpha value is -2.61. The summed E-state index contributed by atoms with van der Waals surface area (Å²) in [6, 6.07) is 10.9. The molecule has 1 atom stereocenters. The van der Waals surface area contributed by atoms with Crippen LogP contribution in [0.5, 0.6) is 0 Å². The quantitative estimate of drug-likeness (QED) is 0.448. The zero-order chi connectivity index (χ0) is 19.3. The van der Waals surface area contributed by atoms with Gasteiger partial charge in [-0.25, -0.2) is 4.79 Å². The minimum Gasteiger partial charge on any atom is -0.449 e. The number of ether oxygens (including phenoxy) is 1. The summed E-state index contributed by atoms with van der Waals surface area (Å²) in [5.74, 6) is -3.75. The topological polar surface area (TPSA) is 81.4 Å². The summed E-state index contributed by atoms with van der Waals surface area (Å²) >= 11 is 0.414. The highest BCUT2D eigenvalue weighted by molar-refractivity contribution is 7.99. The Kier molecular flexibility index (Phi) is 6.57. The monoisotopic (exact) mass is 380 g/mol. The first-order valence-electron chi connectivity index (χ1n) is 7.69. The van der Waals surface area contributed by atoms with E-state index in [9.17, 15) is 18.4 Å². The number of alkyl halides is 2. The lowest BCUT2D eigenvalue weighted by Gasteiger charge is -2.15.